The summed E-state index contributed by atoms with van der Waals surface area (Å²) in [5, 5.41) is 8.48. The molecule has 0 aliphatic carbocycles. The normalized spacial score (nSPS) is 17.1. The number of nitrogens with zero attached hydrogens (tertiary/aromatic N) is 4. The standard InChI is InChI=1S/C15H14FN5O/c1-21-7-11-14(17-8-18-15(11)20-21)19-12-4-5-22-13-3-2-9(16)6-10(12)13/h2-3,6-8,12H,4-5H2,1H3,(H,17,18,19,20). The quantitative estimate of drug-likeness (QED) is 0.787. The fourth-order valence-corrected chi connectivity index (χ4v) is 2.75. The number of hydrogen-bond donors (Lipinski definition) is 1. The highest BCUT2D eigenvalue weighted by atomic mass is 19.1. The van der Waals surface area contributed by atoms with Crippen LogP contribution in [0.2, 0.25) is 0 Å². The Balaban J connectivity index is 1.73. The average molecular weight is 299 g/mol. The van der Waals surface area contributed by atoms with E-state index in [2.05, 4.69) is 20.4 Å². The van der Waals surface area contributed by atoms with Gasteiger partial charge < -0.3 is 10.1 Å². The minimum Gasteiger partial charge on any atom is -0.493 e. The lowest BCUT2D eigenvalue weighted by atomic mass is 10.0. The maximum atomic E-state index is 13.5. The van der Waals surface area contributed by atoms with Crippen LogP contribution >= 0.6 is 0 Å². The van der Waals surface area contributed by atoms with Crippen molar-refractivity contribution in [3.8, 4) is 5.75 Å². The van der Waals surface area contributed by atoms with Crippen LogP contribution < -0.4 is 10.1 Å². The van der Waals surface area contributed by atoms with E-state index in [-0.39, 0.29) is 11.9 Å². The molecule has 22 heavy (non-hydrogen) atoms. The average Bonchev–Trinajstić information content (AvgIpc) is 2.89. The molecule has 2 aromatic heterocycles. The van der Waals surface area contributed by atoms with Crippen LogP contribution in [0.3, 0.4) is 0 Å². The second kappa shape index (κ2) is 4.94. The first-order valence-corrected chi connectivity index (χ1v) is 7.04. The molecule has 7 heteroatoms. The first-order chi connectivity index (χ1) is 10.7. The second-order valence-electron chi connectivity index (χ2n) is 5.28. The minimum atomic E-state index is -0.273. The molecule has 1 aromatic carbocycles. The van der Waals surface area contributed by atoms with Gasteiger partial charge >= 0.3 is 0 Å². The van der Waals surface area contributed by atoms with Gasteiger partial charge in [0.2, 0.25) is 0 Å². The van der Waals surface area contributed by atoms with Gasteiger partial charge in [0.25, 0.3) is 0 Å². The molecule has 0 radical (unpaired) electrons. The number of nitrogens with one attached hydrogen (secondary N) is 1. The van der Waals surface area contributed by atoms with Crippen LogP contribution in [0.5, 0.6) is 5.75 Å². The molecule has 0 saturated carbocycles. The van der Waals surface area contributed by atoms with Gasteiger partial charge in [-0.1, -0.05) is 0 Å². The highest BCUT2D eigenvalue weighted by molar-refractivity contribution is 5.85. The Morgan fingerprint density at radius 1 is 1.36 bits per heavy atom. The maximum absolute atomic E-state index is 13.5. The number of benzene rings is 1. The summed E-state index contributed by atoms with van der Waals surface area (Å²) >= 11 is 0. The van der Waals surface area contributed by atoms with E-state index in [4.69, 9.17) is 4.74 Å². The van der Waals surface area contributed by atoms with Crippen molar-refractivity contribution in [3.63, 3.8) is 0 Å². The Hall–Kier alpha value is -2.70. The molecule has 4 rings (SSSR count). The van der Waals surface area contributed by atoms with Crippen LogP contribution in [0.15, 0.2) is 30.7 Å². The van der Waals surface area contributed by atoms with Crippen molar-refractivity contribution >= 4 is 16.9 Å². The molecule has 6 nitrogen and oxygen atoms in total. The molecule has 1 aliphatic heterocycles. The van der Waals surface area contributed by atoms with Crippen molar-refractivity contribution in [2.75, 3.05) is 11.9 Å². The van der Waals surface area contributed by atoms with Gasteiger partial charge in [0, 0.05) is 25.2 Å². The molecular weight excluding hydrogens is 285 g/mol. The van der Waals surface area contributed by atoms with Gasteiger partial charge in [-0.05, 0) is 18.2 Å². The molecule has 1 unspecified atom stereocenters. The number of hydrogen-bond acceptors (Lipinski definition) is 5. The van der Waals surface area contributed by atoms with Gasteiger partial charge in [-0.3, -0.25) is 4.68 Å². The smallest absolute Gasteiger partial charge is 0.186 e. The molecule has 112 valence electrons. The third-order valence-corrected chi connectivity index (χ3v) is 3.75. The molecule has 3 aromatic rings. The number of aryl methyl sites for hydroxylation is 1. The zero-order valence-corrected chi connectivity index (χ0v) is 12.0. The lowest BCUT2D eigenvalue weighted by Crippen LogP contribution is -2.21. The number of aromatic nitrogens is 4. The van der Waals surface area contributed by atoms with E-state index < -0.39 is 0 Å². The van der Waals surface area contributed by atoms with E-state index in [0.29, 0.717) is 23.8 Å². The van der Waals surface area contributed by atoms with Gasteiger partial charge in [-0.15, -0.1) is 0 Å². The van der Waals surface area contributed by atoms with E-state index >= 15 is 0 Å². The van der Waals surface area contributed by atoms with Crippen molar-refractivity contribution in [2.24, 2.45) is 7.05 Å². The fraction of sp³-hybridized carbons (Fsp3) is 0.267. The van der Waals surface area contributed by atoms with Crippen LogP contribution in [0.4, 0.5) is 10.2 Å². The van der Waals surface area contributed by atoms with Gasteiger partial charge in [0.15, 0.2) is 5.65 Å². The van der Waals surface area contributed by atoms with E-state index in [1.165, 1.54) is 18.5 Å². The second-order valence-corrected chi connectivity index (χ2v) is 5.28. The van der Waals surface area contributed by atoms with Gasteiger partial charge in [-0.25, -0.2) is 14.4 Å². The summed E-state index contributed by atoms with van der Waals surface area (Å²) in [4.78, 5) is 8.45. The SMILES string of the molecule is Cn1cc2c(NC3CCOc4ccc(F)cc43)ncnc2n1. The first-order valence-electron chi connectivity index (χ1n) is 7.04. The summed E-state index contributed by atoms with van der Waals surface area (Å²) in [7, 11) is 1.84. The number of ether oxygens (including phenoxy) is 1. The zero-order valence-electron chi connectivity index (χ0n) is 12.0. The maximum Gasteiger partial charge on any atom is 0.186 e. The summed E-state index contributed by atoms with van der Waals surface area (Å²) in [6, 6.07) is 4.52. The third-order valence-electron chi connectivity index (χ3n) is 3.75. The van der Waals surface area contributed by atoms with Crippen LogP contribution in [-0.2, 0) is 7.05 Å². The Bertz CT molecular complexity index is 847. The van der Waals surface area contributed by atoms with Gasteiger partial charge in [0.1, 0.15) is 23.7 Å². The zero-order chi connectivity index (χ0) is 15.1. The first kappa shape index (κ1) is 13.0. The fourth-order valence-electron chi connectivity index (χ4n) is 2.75. The molecule has 0 spiro atoms. The Kier molecular flexibility index (Phi) is 2.92. The van der Waals surface area contributed by atoms with Crippen molar-refractivity contribution in [1.82, 2.24) is 19.7 Å². The monoisotopic (exact) mass is 299 g/mol. The van der Waals surface area contributed by atoms with E-state index in [1.54, 1.807) is 10.7 Å². The number of fused-ring (bicyclic) bond motifs is 2. The molecular formula is C15H14FN5O. The molecule has 1 aliphatic rings. The highest BCUT2D eigenvalue weighted by Crippen LogP contribution is 2.35. The molecule has 3 heterocycles. The van der Waals surface area contributed by atoms with Gasteiger partial charge in [0.05, 0.1) is 18.0 Å². The topological polar surface area (TPSA) is 64.9 Å². The number of rotatable bonds is 2. The number of anilines is 1. The highest BCUT2D eigenvalue weighted by Gasteiger charge is 2.23. The van der Waals surface area contributed by atoms with E-state index in [0.717, 1.165) is 17.4 Å². The van der Waals surface area contributed by atoms with E-state index in [9.17, 15) is 4.39 Å². The molecule has 0 amide bonds. The third kappa shape index (κ3) is 2.14. The van der Waals surface area contributed by atoms with Gasteiger partial charge in [-0.2, -0.15) is 5.10 Å². The molecule has 0 fully saturated rings. The largest absolute Gasteiger partial charge is 0.493 e. The summed E-state index contributed by atoms with van der Waals surface area (Å²) in [5.41, 5.74) is 1.44. The number of halogens is 1. The Labute approximate surface area is 125 Å². The predicted molar refractivity (Wildman–Crippen MR) is 79.2 cm³/mol. The van der Waals surface area contributed by atoms with E-state index in [1.807, 2.05) is 13.2 Å². The van der Waals surface area contributed by atoms with Crippen LogP contribution in [0.25, 0.3) is 11.0 Å². The molecule has 1 N–H and O–H groups in total. The molecule has 0 bridgehead atoms. The van der Waals surface area contributed by atoms with Crippen molar-refractivity contribution in [2.45, 2.75) is 12.5 Å². The minimum absolute atomic E-state index is 0.0576. The van der Waals surface area contributed by atoms with Crippen molar-refractivity contribution in [1.29, 1.82) is 0 Å². The summed E-state index contributed by atoms with van der Waals surface area (Å²) < 4.78 is 20.8. The Morgan fingerprint density at radius 2 is 2.27 bits per heavy atom. The summed E-state index contributed by atoms with van der Waals surface area (Å²) in [6.45, 7) is 0.581. The lowest BCUT2D eigenvalue weighted by molar-refractivity contribution is 0.273. The molecule has 0 saturated heterocycles. The van der Waals surface area contributed by atoms with Crippen molar-refractivity contribution in [3.05, 3.63) is 42.1 Å². The van der Waals surface area contributed by atoms with Crippen LogP contribution in [0, 0.1) is 5.82 Å². The van der Waals surface area contributed by atoms with Crippen LogP contribution in [-0.4, -0.2) is 26.4 Å². The lowest BCUT2D eigenvalue weighted by Gasteiger charge is -2.27. The summed E-state index contributed by atoms with van der Waals surface area (Å²) in [6.07, 6.45) is 4.08. The van der Waals surface area contributed by atoms with Crippen molar-refractivity contribution < 1.29 is 9.13 Å². The predicted octanol–water partition coefficient (Wildman–Crippen LogP) is 2.44. The Morgan fingerprint density at radius 3 is 3.18 bits per heavy atom. The summed E-state index contributed by atoms with van der Waals surface area (Å²) in [5.74, 6) is 1.13. The molecule has 1 atom stereocenters. The van der Waals surface area contributed by atoms with Crippen LogP contribution in [0.1, 0.15) is 18.0 Å².